The summed E-state index contributed by atoms with van der Waals surface area (Å²) in [6, 6.07) is 0.0257. The lowest BCUT2D eigenvalue weighted by Gasteiger charge is -2.35. The SMILES string of the molecule is NCC1CCC(C=O)N(CN)C1. The minimum absolute atomic E-state index is 0.0257. The molecule has 2 unspecified atom stereocenters. The molecular weight excluding hydrogens is 154 g/mol. The van der Waals surface area contributed by atoms with Crippen LogP contribution >= 0.6 is 0 Å². The lowest BCUT2D eigenvalue weighted by molar-refractivity contribution is -0.114. The Morgan fingerprint density at radius 1 is 1.42 bits per heavy atom. The molecule has 0 bridgehead atoms. The molecule has 1 heterocycles. The van der Waals surface area contributed by atoms with Crippen LogP contribution in [0.2, 0.25) is 0 Å². The second kappa shape index (κ2) is 4.54. The van der Waals surface area contributed by atoms with Crippen molar-refractivity contribution in [3.8, 4) is 0 Å². The summed E-state index contributed by atoms with van der Waals surface area (Å²) in [7, 11) is 0. The third kappa shape index (κ3) is 2.03. The number of rotatable bonds is 3. The molecule has 0 aromatic carbocycles. The highest BCUT2D eigenvalue weighted by Gasteiger charge is 2.25. The molecule has 1 fully saturated rings. The lowest BCUT2D eigenvalue weighted by atomic mass is 9.94. The number of aldehydes is 1. The van der Waals surface area contributed by atoms with Gasteiger partial charge in [0.1, 0.15) is 6.29 Å². The minimum Gasteiger partial charge on any atom is -0.330 e. The second-order valence-corrected chi connectivity index (χ2v) is 3.34. The molecule has 1 aliphatic heterocycles. The van der Waals surface area contributed by atoms with E-state index in [1.807, 2.05) is 4.90 Å². The van der Waals surface area contributed by atoms with Crippen LogP contribution in [0.5, 0.6) is 0 Å². The van der Waals surface area contributed by atoms with Crippen LogP contribution in [-0.4, -0.2) is 37.0 Å². The van der Waals surface area contributed by atoms with E-state index >= 15 is 0 Å². The molecule has 0 radical (unpaired) electrons. The maximum absolute atomic E-state index is 10.6. The smallest absolute Gasteiger partial charge is 0.137 e. The Kier molecular flexibility index (Phi) is 3.65. The minimum atomic E-state index is 0.0257. The number of hydrogen-bond acceptors (Lipinski definition) is 4. The molecule has 4 nitrogen and oxygen atoms in total. The van der Waals surface area contributed by atoms with Crippen molar-refractivity contribution in [2.45, 2.75) is 18.9 Å². The van der Waals surface area contributed by atoms with Crippen LogP contribution in [0, 0.1) is 5.92 Å². The summed E-state index contributed by atoms with van der Waals surface area (Å²) in [4.78, 5) is 12.6. The van der Waals surface area contributed by atoms with Crippen LogP contribution in [0.1, 0.15) is 12.8 Å². The average Bonchev–Trinajstić information content (AvgIpc) is 2.16. The van der Waals surface area contributed by atoms with Gasteiger partial charge in [-0.25, -0.2) is 0 Å². The van der Waals surface area contributed by atoms with Crippen molar-refractivity contribution in [2.24, 2.45) is 17.4 Å². The van der Waals surface area contributed by atoms with E-state index in [1.54, 1.807) is 0 Å². The molecule has 0 aromatic rings. The summed E-state index contributed by atoms with van der Waals surface area (Å²) < 4.78 is 0. The monoisotopic (exact) mass is 171 g/mol. The quantitative estimate of drug-likeness (QED) is 0.542. The van der Waals surface area contributed by atoms with Crippen LogP contribution in [0.3, 0.4) is 0 Å². The molecule has 2 atom stereocenters. The highest BCUT2D eigenvalue weighted by molar-refractivity contribution is 5.57. The molecule has 70 valence electrons. The van der Waals surface area contributed by atoms with E-state index in [9.17, 15) is 4.79 Å². The van der Waals surface area contributed by atoms with Crippen molar-refractivity contribution < 1.29 is 4.79 Å². The summed E-state index contributed by atoms with van der Waals surface area (Å²) in [6.45, 7) is 2.03. The zero-order valence-corrected chi connectivity index (χ0v) is 7.28. The van der Waals surface area contributed by atoms with Gasteiger partial charge in [0.2, 0.25) is 0 Å². The van der Waals surface area contributed by atoms with Crippen LogP contribution in [0.4, 0.5) is 0 Å². The van der Waals surface area contributed by atoms with Gasteiger partial charge in [0.25, 0.3) is 0 Å². The highest BCUT2D eigenvalue weighted by Crippen LogP contribution is 2.18. The Hall–Kier alpha value is -0.450. The molecular formula is C8H17N3O. The van der Waals surface area contributed by atoms with Crippen molar-refractivity contribution in [3.63, 3.8) is 0 Å². The summed E-state index contributed by atoms with van der Waals surface area (Å²) in [5, 5.41) is 0. The topological polar surface area (TPSA) is 72.4 Å². The van der Waals surface area contributed by atoms with Crippen LogP contribution < -0.4 is 11.5 Å². The van der Waals surface area contributed by atoms with Gasteiger partial charge in [-0.3, -0.25) is 4.90 Å². The van der Waals surface area contributed by atoms with Gasteiger partial charge in [-0.2, -0.15) is 0 Å². The Balaban J connectivity index is 2.46. The number of carbonyl (C=O) groups excluding carboxylic acids is 1. The first-order valence-electron chi connectivity index (χ1n) is 4.41. The van der Waals surface area contributed by atoms with Crippen molar-refractivity contribution in [1.29, 1.82) is 0 Å². The van der Waals surface area contributed by atoms with Crippen molar-refractivity contribution in [1.82, 2.24) is 4.90 Å². The number of piperidine rings is 1. The third-order valence-corrected chi connectivity index (χ3v) is 2.56. The average molecular weight is 171 g/mol. The summed E-state index contributed by atoms with van der Waals surface area (Å²) in [5.41, 5.74) is 11.1. The number of likely N-dealkylation sites (tertiary alicyclic amines) is 1. The van der Waals surface area contributed by atoms with E-state index in [-0.39, 0.29) is 6.04 Å². The molecule has 1 aliphatic rings. The zero-order chi connectivity index (χ0) is 8.97. The van der Waals surface area contributed by atoms with E-state index < -0.39 is 0 Å². The van der Waals surface area contributed by atoms with Gasteiger partial charge in [-0.1, -0.05) is 0 Å². The second-order valence-electron chi connectivity index (χ2n) is 3.34. The molecule has 0 aliphatic carbocycles. The molecule has 0 amide bonds. The van der Waals surface area contributed by atoms with Gasteiger partial charge in [0.05, 0.1) is 6.04 Å². The molecule has 1 saturated heterocycles. The first-order chi connectivity index (χ1) is 5.81. The normalized spacial score (nSPS) is 31.8. The molecule has 0 spiro atoms. The zero-order valence-electron chi connectivity index (χ0n) is 7.28. The number of carbonyl (C=O) groups is 1. The Bertz CT molecular complexity index is 151. The number of hydrogen-bond donors (Lipinski definition) is 2. The van der Waals surface area contributed by atoms with Crippen LogP contribution in [0.15, 0.2) is 0 Å². The van der Waals surface area contributed by atoms with Crippen molar-refractivity contribution in [3.05, 3.63) is 0 Å². The Morgan fingerprint density at radius 2 is 2.17 bits per heavy atom. The summed E-state index contributed by atoms with van der Waals surface area (Å²) in [5.74, 6) is 0.518. The largest absolute Gasteiger partial charge is 0.330 e. The van der Waals surface area contributed by atoms with Crippen LogP contribution in [0.25, 0.3) is 0 Å². The van der Waals surface area contributed by atoms with Gasteiger partial charge >= 0.3 is 0 Å². The van der Waals surface area contributed by atoms with Crippen molar-refractivity contribution >= 4 is 6.29 Å². The standard InChI is InChI=1S/C8H17N3O/c9-3-7-1-2-8(5-12)11(4-7)6-10/h5,7-8H,1-4,6,9-10H2. The fraction of sp³-hybridized carbons (Fsp3) is 0.875. The van der Waals surface area contributed by atoms with Gasteiger partial charge in [0, 0.05) is 13.2 Å². The highest BCUT2D eigenvalue weighted by atomic mass is 16.1. The van der Waals surface area contributed by atoms with Gasteiger partial charge < -0.3 is 16.3 Å². The van der Waals surface area contributed by atoms with E-state index in [0.29, 0.717) is 19.1 Å². The first kappa shape index (κ1) is 9.64. The molecule has 1 rings (SSSR count). The first-order valence-corrected chi connectivity index (χ1v) is 4.41. The van der Waals surface area contributed by atoms with E-state index in [2.05, 4.69) is 0 Å². The van der Waals surface area contributed by atoms with E-state index in [1.165, 1.54) is 0 Å². The third-order valence-electron chi connectivity index (χ3n) is 2.56. The molecule has 0 saturated carbocycles. The summed E-state index contributed by atoms with van der Waals surface area (Å²) in [6.07, 6.45) is 2.94. The Labute approximate surface area is 72.9 Å². The maximum Gasteiger partial charge on any atom is 0.137 e. The van der Waals surface area contributed by atoms with Gasteiger partial charge in [0.15, 0.2) is 0 Å². The van der Waals surface area contributed by atoms with Crippen LogP contribution in [-0.2, 0) is 4.79 Å². The predicted molar refractivity (Wildman–Crippen MR) is 47.4 cm³/mol. The van der Waals surface area contributed by atoms with E-state index in [4.69, 9.17) is 11.5 Å². The van der Waals surface area contributed by atoms with E-state index in [0.717, 1.165) is 25.7 Å². The fourth-order valence-corrected chi connectivity index (χ4v) is 1.70. The summed E-state index contributed by atoms with van der Waals surface area (Å²) >= 11 is 0. The number of nitrogens with two attached hydrogens (primary N) is 2. The Morgan fingerprint density at radius 3 is 2.67 bits per heavy atom. The predicted octanol–water partition coefficient (Wildman–Crippen LogP) is -0.859. The molecule has 12 heavy (non-hydrogen) atoms. The molecule has 4 heteroatoms. The maximum atomic E-state index is 10.6. The number of nitrogens with zero attached hydrogens (tertiary/aromatic N) is 1. The molecule has 0 aromatic heterocycles. The fourth-order valence-electron chi connectivity index (χ4n) is 1.70. The van der Waals surface area contributed by atoms with Gasteiger partial charge in [-0.15, -0.1) is 0 Å². The molecule has 4 N–H and O–H groups in total. The van der Waals surface area contributed by atoms with Gasteiger partial charge in [-0.05, 0) is 25.3 Å². The van der Waals surface area contributed by atoms with Crippen molar-refractivity contribution in [2.75, 3.05) is 19.8 Å². The lowest BCUT2D eigenvalue weighted by Crippen LogP contribution is -2.48.